The Bertz CT molecular complexity index is 1450. The number of carbonyl (C=O) groups is 1. The summed E-state index contributed by atoms with van der Waals surface area (Å²) in [6, 6.07) is 0. The molecule has 0 unspecified atom stereocenters. The van der Waals surface area contributed by atoms with Crippen LogP contribution in [-0.2, 0) is 11.0 Å². The molecule has 10 nitrogen and oxygen atoms in total. The second kappa shape index (κ2) is 9.63. The second-order valence-electron chi connectivity index (χ2n) is 13.7. The molecule has 4 heterocycles. The summed E-state index contributed by atoms with van der Waals surface area (Å²) >= 11 is 0. The summed E-state index contributed by atoms with van der Waals surface area (Å²) in [7, 11) is 0. The lowest BCUT2D eigenvalue weighted by Gasteiger charge is -2.22. The van der Waals surface area contributed by atoms with Gasteiger partial charge in [0.25, 0.3) is 0 Å². The van der Waals surface area contributed by atoms with Crippen LogP contribution < -0.4 is 11.1 Å². The molecular formula is C28H43N9O. The highest BCUT2D eigenvalue weighted by Crippen LogP contribution is 2.33. The highest BCUT2D eigenvalue weighted by Gasteiger charge is 2.29. The number of hydrogen-bond donors (Lipinski definition) is 3. The maximum atomic E-state index is 12.6. The van der Waals surface area contributed by atoms with Crippen molar-refractivity contribution in [3.05, 3.63) is 30.1 Å². The van der Waals surface area contributed by atoms with E-state index in [0.717, 1.165) is 22.1 Å². The van der Waals surface area contributed by atoms with Crippen LogP contribution in [0.1, 0.15) is 99.1 Å². The summed E-state index contributed by atoms with van der Waals surface area (Å²) in [5.41, 5.74) is 8.27. The zero-order valence-corrected chi connectivity index (χ0v) is 24.9. The van der Waals surface area contributed by atoms with Gasteiger partial charge in [-0.25, -0.2) is 24.6 Å². The van der Waals surface area contributed by atoms with E-state index in [1.807, 2.05) is 25.5 Å². The van der Waals surface area contributed by atoms with E-state index in [2.05, 4.69) is 92.6 Å². The number of H-pyrrole nitrogens is 1. The van der Waals surface area contributed by atoms with Crippen molar-refractivity contribution < 1.29 is 4.79 Å². The number of aromatic nitrogens is 7. The maximum absolute atomic E-state index is 12.6. The molecule has 4 N–H and O–H groups in total. The monoisotopic (exact) mass is 521 g/mol. The van der Waals surface area contributed by atoms with Crippen molar-refractivity contribution >= 4 is 39.5 Å². The number of carbonyl (C=O) groups excluding carboxylic acids is 1. The van der Waals surface area contributed by atoms with E-state index in [-0.39, 0.29) is 22.3 Å². The Morgan fingerprint density at radius 3 is 2.00 bits per heavy atom. The molecule has 0 saturated carbocycles. The van der Waals surface area contributed by atoms with Crippen molar-refractivity contribution in [2.75, 3.05) is 11.1 Å². The molecule has 0 aliphatic carbocycles. The van der Waals surface area contributed by atoms with Gasteiger partial charge in [-0.3, -0.25) is 4.79 Å². The van der Waals surface area contributed by atoms with Crippen LogP contribution in [0.3, 0.4) is 0 Å². The van der Waals surface area contributed by atoms with Crippen LogP contribution >= 0.6 is 0 Å². The van der Waals surface area contributed by atoms with Crippen molar-refractivity contribution in [2.45, 2.75) is 99.6 Å². The van der Waals surface area contributed by atoms with Gasteiger partial charge in [-0.1, -0.05) is 41.5 Å². The first-order valence-corrected chi connectivity index (χ1v) is 12.9. The SMILES string of the molecule is CC(C)(C)Nc1ncnc2[nH]cc(C(=O)C(C)(C)C)c12.CC(C)(C)c1nn(C(C)(C)C)c2ncnc(N)c12. The minimum atomic E-state index is -0.441. The lowest BCUT2D eigenvalue weighted by molar-refractivity contribution is 0.0860. The first-order valence-electron chi connectivity index (χ1n) is 12.9. The number of anilines is 2. The Kier molecular flexibility index (Phi) is 7.35. The fourth-order valence-electron chi connectivity index (χ4n) is 3.96. The Hall–Kier alpha value is -3.56. The normalized spacial score (nSPS) is 12.9. The Morgan fingerprint density at radius 1 is 0.868 bits per heavy atom. The van der Waals surface area contributed by atoms with Crippen LogP contribution in [0.25, 0.3) is 22.1 Å². The van der Waals surface area contributed by atoms with Crippen LogP contribution in [0, 0.1) is 5.41 Å². The summed E-state index contributed by atoms with van der Waals surface area (Å²) in [6.07, 6.45) is 4.72. The summed E-state index contributed by atoms with van der Waals surface area (Å²) < 4.78 is 1.93. The van der Waals surface area contributed by atoms with Gasteiger partial charge in [0.15, 0.2) is 11.4 Å². The predicted octanol–water partition coefficient (Wildman–Crippen LogP) is 5.86. The molecule has 0 radical (unpaired) electrons. The summed E-state index contributed by atoms with van der Waals surface area (Å²) in [5, 5.41) is 9.70. The highest BCUT2D eigenvalue weighted by molar-refractivity contribution is 6.12. The smallest absolute Gasteiger partial charge is 0.170 e. The van der Waals surface area contributed by atoms with E-state index < -0.39 is 5.41 Å². The molecule has 0 amide bonds. The standard InChI is InChI=1S/C15H22N4O.C13H21N5/c1-14(2,3)11(20)9-7-16-12-10(9)13(18-8-17-12)19-15(4,5)6;1-12(2,3)9-8-10(14)15-7-16-11(8)18(17-9)13(4,5)6/h7-8H,1-6H3,(H2,16,17,18,19);7H,1-6H3,(H2,14,15,16). The minimum absolute atomic E-state index is 0.0792. The molecule has 4 aromatic rings. The van der Waals surface area contributed by atoms with Crippen LogP contribution in [-0.4, -0.2) is 46.0 Å². The van der Waals surface area contributed by atoms with Crippen molar-refractivity contribution in [1.82, 2.24) is 34.7 Å². The molecule has 0 atom stereocenters. The fourth-order valence-corrected chi connectivity index (χ4v) is 3.96. The van der Waals surface area contributed by atoms with Crippen molar-refractivity contribution in [3.8, 4) is 0 Å². The van der Waals surface area contributed by atoms with E-state index in [1.54, 1.807) is 6.20 Å². The first kappa shape index (κ1) is 29.0. The molecule has 0 aliphatic heterocycles. The molecule has 0 aromatic carbocycles. The Morgan fingerprint density at radius 2 is 1.47 bits per heavy atom. The van der Waals surface area contributed by atoms with Gasteiger partial charge in [0.1, 0.15) is 29.9 Å². The van der Waals surface area contributed by atoms with Crippen molar-refractivity contribution in [3.63, 3.8) is 0 Å². The number of Topliss-reactive ketones (excluding diaryl/α,β-unsaturated/α-hetero) is 1. The third kappa shape index (κ3) is 6.11. The number of aromatic amines is 1. The summed E-state index contributed by atoms with van der Waals surface area (Å²) in [5.74, 6) is 1.27. The van der Waals surface area contributed by atoms with Gasteiger partial charge in [-0.15, -0.1) is 0 Å². The Balaban J connectivity index is 0.000000212. The number of fused-ring (bicyclic) bond motifs is 2. The van der Waals surface area contributed by atoms with E-state index in [0.29, 0.717) is 22.8 Å². The zero-order valence-electron chi connectivity index (χ0n) is 24.9. The lowest BCUT2D eigenvalue weighted by atomic mass is 9.86. The van der Waals surface area contributed by atoms with Gasteiger partial charge >= 0.3 is 0 Å². The fraction of sp³-hybridized carbons (Fsp3) is 0.571. The molecule has 4 aromatic heterocycles. The van der Waals surface area contributed by atoms with Gasteiger partial charge < -0.3 is 16.0 Å². The Labute approximate surface area is 225 Å². The first-order chi connectivity index (χ1) is 17.2. The van der Waals surface area contributed by atoms with Crippen LogP contribution in [0.5, 0.6) is 0 Å². The van der Waals surface area contributed by atoms with Crippen LogP contribution in [0.4, 0.5) is 11.6 Å². The van der Waals surface area contributed by atoms with E-state index in [4.69, 9.17) is 10.8 Å². The topological polar surface area (TPSA) is 140 Å². The van der Waals surface area contributed by atoms with E-state index >= 15 is 0 Å². The minimum Gasteiger partial charge on any atom is -0.383 e. The second-order valence-corrected chi connectivity index (χ2v) is 13.7. The van der Waals surface area contributed by atoms with Gasteiger partial charge in [0.05, 0.1) is 22.0 Å². The van der Waals surface area contributed by atoms with E-state index in [9.17, 15) is 4.79 Å². The molecule has 0 bridgehead atoms. The lowest BCUT2D eigenvalue weighted by Crippen LogP contribution is -2.27. The number of nitrogen functional groups attached to an aromatic ring is 1. The van der Waals surface area contributed by atoms with Gasteiger partial charge in [0, 0.05) is 28.1 Å². The molecule has 0 spiro atoms. The van der Waals surface area contributed by atoms with Crippen molar-refractivity contribution in [1.29, 1.82) is 0 Å². The highest BCUT2D eigenvalue weighted by atomic mass is 16.1. The van der Waals surface area contributed by atoms with Crippen molar-refractivity contribution in [2.24, 2.45) is 5.41 Å². The largest absolute Gasteiger partial charge is 0.383 e. The van der Waals surface area contributed by atoms with Crippen LogP contribution in [0.2, 0.25) is 0 Å². The quantitative estimate of drug-likeness (QED) is 0.279. The molecule has 38 heavy (non-hydrogen) atoms. The number of nitrogens with one attached hydrogen (secondary N) is 2. The number of hydrogen-bond acceptors (Lipinski definition) is 8. The third-order valence-electron chi connectivity index (χ3n) is 5.73. The molecule has 206 valence electrons. The average Bonchev–Trinajstić information content (AvgIpc) is 3.35. The summed E-state index contributed by atoms with van der Waals surface area (Å²) in [4.78, 5) is 32.5. The number of ketones is 1. The molecule has 0 fully saturated rings. The van der Waals surface area contributed by atoms with Gasteiger partial charge in [0.2, 0.25) is 0 Å². The third-order valence-corrected chi connectivity index (χ3v) is 5.73. The van der Waals surface area contributed by atoms with Crippen LogP contribution in [0.15, 0.2) is 18.9 Å². The average molecular weight is 522 g/mol. The van der Waals surface area contributed by atoms with E-state index in [1.165, 1.54) is 12.7 Å². The van der Waals surface area contributed by atoms with Gasteiger partial charge in [-0.05, 0) is 41.5 Å². The molecule has 10 heteroatoms. The van der Waals surface area contributed by atoms with Gasteiger partial charge in [-0.2, -0.15) is 5.10 Å². The molecule has 0 saturated heterocycles. The molecule has 0 aliphatic rings. The molecular weight excluding hydrogens is 478 g/mol. The summed E-state index contributed by atoms with van der Waals surface area (Å²) in [6.45, 7) is 24.6. The maximum Gasteiger partial charge on any atom is 0.170 e. The number of nitrogens with zero attached hydrogens (tertiary/aromatic N) is 6. The zero-order chi connectivity index (χ0) is 28.8. The predicted molar refractivity (Wildman–Crippen MR) is 154 cm³/mol. The number of rotatable bonds is 2. The molecule has 4 rings (SSSR count). The number of nitrogens with two attached hydrogens (primary N) is 1.